The van der Waals surface area contributed by atoms with Crippen LogP contribution in [0.4, 0.5) is 0 Å². The van der Waals surface area contributed by atoms with Crippen LogP contribution in [0.2, 0.25) is 0 Å². The summed E-state index contributed by atoms with van der Waals surface area (Å²) in [6, 6.07) is 21.5. The average molecular weight is 391 g/mol. The molecule has 0 radical (unpaired) electrons. The van der Waals surface area contributed by atoms with E-state index < -0.39 is 0 Å². The zero-order chi connectivity index (χ0) is 20.6. The Morgan fingerprint density at radius 1 is 0.767 bits per heavy atom. The van der Waals surface area contributed by atoms with Crippen molar-refractivity contribution in [1.29, 1.82) is 0 Å². The Kier molecular flexibility index (Phi) is 3.40. The first kappa shape index (κ1) is 17.2. The third-order valence-electron chi connectivity index (χ3n) is 6.25. The Labute approximate surface area is 174 Å². The first-order valence-corrected chi connectivity index (χ1v) is 10.3. The smallest absolute Gasteiger partial charge is 0.251 e. The molecule has 3 aromatic heterocycles. The highest BCUT2D eigenvalue weighted by Crippen LogP contribution is 2.34. The molecule has 3 heterocycles. The molecule has 0 fully saturated rings. The van der Waals surface area contributed by atoms with Crippen molar-refractivity contribution in [3.05, 3.63) is 83.6 Å². The van der Waals surface area contributed by atoms with E-state index in [1.807, 2.05) is 0 Å². The highest BCUT2D eigenvalue weighted by molar-refractivity contribution is 6.05. The number of imidazole rings is 2. The molecule has 4 nitrogen and oxygen atoms in total. The van der Waals surface area contributed by atoms with Gasteiger partial charge >= 0.3 is 11.4 Å². The van der Waals surface area contributed by atoms with Gasteiger partial charge in [0.05, 0.1) is 18.9 Å². The van der Waals surface area contributed by atoms with Gasteiger partial charge in [-0.15, -0.1) is 0 Å². The van der Waals surface area contributed by atoms with Gasteiger partial charge in [0.15, 0.2) is 5.52 Å². The second-order valence-corrected chi connectivity index (χ2v) is 8.27. The number of fused-ring (bicyclic) bond motifs is 7. The second kappa shape index (κ2) is 5.92. The van der Waals surface area contributed by atoms with Gasteiger partial charge in [-0.25, -0.2) is 4.57 Å². The van der Waals surface area contributed by atoms with E-state index in [9.17, 15) is 0 Å². The van der Waals surface area contributed by atoms with Gasteiger partial charge in [0.2, 0.25) is 0 Å². The highest BCUT2D eigenvalue weighted by Gasteiger charge is 2.29. The summed E-state index contributed by atoms with van der Waals surface area (Å²) in [6.07, 6.45) is 2.22. The predicted octanol–water partition coefficient (Wildman–Crippen LogP) is 5.33. The van der Waals surface area contributed by atoms with E-state index in [0.717, 1.165) is 16.9 Å². The number of pyridine rings is 1. The van der Waals surface area contributed by atoms with Gasteiger partial charge in [0.1, 0.15) is 11.0 Å². The van der Waals surface area contributed by atoms with Crippen molar-refractivity contribution in [3.8, 4) is 5.69 Å². The maximum atomic E-state index is 5.13. The molecule has 6 aromatic rings. The van der Waals surface area contributed by atoms with Crippen molar-refractivity contribution in [2.45, 2.75) is 20.8 Å². The molecule has 0 aliphatic carbocycles. The van der Waals surface area contributed by atoms with Crippen LogP contribution in [0.25, 0.3) is 44.4 Å². The number of hydrogen-bond acceptors (Lipinski definition) is 1. The molecule has 0 saturated carbocycles. The lowest BCUT2D eigenvalue weighted by Crippen LogP contribution is -2.29. The van der Waals surface area contributed by atoms with E-state index in [-0.39, 0.29) is 0 Å². The molecule has 30 heavy (non-hydrogen) atoms. The second-order valence-electron chi connectivity index (χ2n) is 8.27. The molecule has 0 aliphatic heterocycles. The first-order valence-electron chi connectivity index (χ1n) is 10.3. The summed E-state index contributed by atoms with van der Waals surface area (Å²) in [6.45, 7) is 6.53. The van der Waals surface area contributed by atoms with Crippen molar-refractivity contribution in [1.82, 2.24) is 14.0 Å². The van der Waals surface area contributed by atoms with E-state index in [1.165, 1.54) is 44.2 Å². The van der Waals surface area contributed by atoms with Gasteiger partial charge < -0.3 is 0 Å². The van der Waals surface area contributed by atoms with Crippen LogP contribution in [0.15, 0.2) is 66.9 Å². The van der Waals surface area contributed by atoms with Crippen LogP contribution < -0.4 is 4.57 Å². The zero-order valence-corrected chi connectivity index (χ0v) is 17.6. The van der Waals surface area contributed by atoms with Crippen LogP contribution in [-0.2, 0) is 7.05 Å². The molecule has 146 valence electrons. The summed E-state index contributed by atoms with van der Waals surface area (Å²) < 4.78 is 6.93. The molecule has 0 N–H and O–H groups in total. The molecular weight excluding hydrogens is 368 g/mol. The molecule has 4 heteroatoms. The monoisotopic (exact) mass is 391 g/mol. The highest BCUT2D eigenvalue weighted by atomic mass is 15.3. The fourth-order valence-corrected chi connectivity index (χ4v) is 4.97. The van der Waals surface area contributed by atoms with Crippen molar-refractivity contribution in [2.24, 2.45) is 7.05 Å². The maximum Gasteiger partial charge on any atom is 0.314 e. The van der Waals surface area contributed by atoms with E-state index >= 15 is 0 Å². The lowest BCUT2D eigenvalue weighted by molar-refractivity contribution is -0.645. The van der Waals surface area contributed by atoms with E-state index in [1.54, 1.807) is 0 Å². The molecule has 3 aromatic carbocycles. The molecule has 0 spiro atoms. The predicted molar refractivity (Wildman–Crippen MR) is 122 cm³/mol. The van der Waals surface area contributed by atoms with Crippen LogP contribution in [0.3, 0.4) is 0 Å². The SMILES string of the molecule is Cc1cccc(C)c1-n1c2c3ccccc3c[n+](C)c2n2c3c(C)cccc3nc12. The zero-order valence-electron chi connectivity index (χ0n) is 17.6. The summed E-state index contributed by atoms with van der Waals surface area (Å²) in [5, 5.41) is 2.46. The van der Waals surface area contributed by atoms with E-state index in [0.29, 0.717) is 0 Å². The molecule has 0 unspecified atom stereocenters. The topological polar surface area (TPSA) is 26.1 Å². The van der Waals surface area contributed by atoms with Crippen molar-refractivity contribution in [3.63, 3.8) is 0 Å². The number of para-hydroxylation sites is 2. The van der Waals surface area contributed by atoms with Crippen molar-refractivity contribution >= 4 is 38.7 Å². The Bertz CT molecular complexity index is 1610. The number of nitrogens with zero attached hydrogens (tertiary/aromatic N) is 4. The summed E-state index contributed by atoms with van der Waals surface area (Å²) in [5.74, 6) is 0.957. The van der Waals surface area contributed by atoms with Crippen LogP contribution in [0.1, 0.15) is 16.7 Å². The van der Waals surface area contributed by atoms with E-state index in [4.69, 9.17) is 4.98 Å². The Hall–Kier alpha value is -3.66. The number of aromatic nitrogens is 4. The van der Waals surface area contributed by atoms with Gasteiger partial charge in [-0.1, -0.05) is 54.6 Å². The number of benzene rings is 3. The van der Waals surface area contributed by atoms with Crippen molar-refractivity contribution < 1.29 is 4.57 Å². The first-order chi connectivity index (χ1) is 14.6. The molecule has 6 rings (SSSR count). The number of rotatable bonds is 1. The Morgan fingerprint density at radius 3 is 2.27 bits per heavy atom. The molecule has 0 aliphatic rings. The van der Waals surface area contributed by atoms with Gasteiger partial charge in [-0.05, 0) is 43.5 Å². The fourth-order valence-electron chi connectivity index (χ4n) is 4.97. The minimum atomic E-state index is 0.957. The summed E-state index contributed by atoms with van der Waals surface area (Å²) >= 11 is 0. The molecule has 0 bridgehead atoms. The lowest BCUT2D eigenvalue weighted by Gasteiger charge is -2.12. The van der Waals surface area contributed by atoms with Crippen LogP contribution in [0, 0.1) is 20.8 Å². The fraction of sp³-hybridized carbons (Fsp3) is 0.154. The minimum absolute atomic E-state index is 0.957. The normalized spacial score (nSPS) is 12.0. The Balaban J connectivity index is 2.01. The largest absolute Gasteiger partial charge is 0.314 e. The summed E-state index contributed by atoms with van der Waals surface area (Å²) in [7, 11) is 2.13. The van der Waals surface area contributed by atoms with Gasteiger partial charge in [-0.2, -0.15) is 9.38 Å². The summed E-state index contributed by atoms with van der Waals surface area (Å²) in [5.41, 5.74) is 9.48. The molecular formula is C26H23N4+. The van der Waals surface area contributed by atoms with Gasteiger partial charge in [0, 0.05) is 10.8 Å². The molecule has 0 saturated heterocycles. The summed E-state index contributed by atoms with van der Waals surface area (Å²) in [4.78, 5) is 5.13. The third kappa shape index (κ3) is 2.11. The van der Waals surface area contributed by atoms with Crippen LogP contribution in [-0.4, -0.2) is 14.0 Å². The number of aryl methyl sites for hydroxylation is 4. The van der Waals surface area contributed by atoms with E-state index in [2.05, 4.69) is 108 Å². The van der Waals surface area contributed by atoms with Crippen molar-refractivity contribution in [2.75, 3.05) is 0 Å². The molecule has 0 atom stereocenters. The average Bonchev–Trinajstić information content (AvgIpc) is 3.24. The number of hydrogen-bond donors (Lipinski definition) is 0. The standard InChI is InChI=1S/C26H23N4/c1-16-9-7-10-17(2)22(16)29-24-20-13-6-5-12-19(20)15-28(4)25(24)30-23-18(3)11-8-14-21(23)27-26(29)30/h5-15H,1-4H3/q+1. The van der Waals surface area contributed by atoms with Crippen LogP contribution >= 0.6 is 0 Å². The van der Waals surface area contributed by atoms with Gasteiger partial charge in [0.25, 0.3) is 0 Å². The molecule has 0 amide bonds. The quantitative estimate of drug-likeness (QED) is 0.348. The minimum Gasteiger partial charge on any atom is -0.251 e. The maximum absolute atomic E-state index is 5.13. The van der Waals surface area contributed by atoms with Crippen LogP contribution in [0.5, 0.6) is 0 Å². The Morgan fingerprint density at radius 2 is 1.47 bits per heavy atom. The van der Waals surface area contributed by atoms with Gasteiger partial charge in [-0.3, -0.25) is 4.57 Å². The lowest BCUT2D eigenvalue weighted by atomic mass is 10.1. The third-order valence-corrected chi connectivity index (χ3v) is 6.25.